The molecule has 0 fully saturated rings. The number of nitrogens with zero attached hydrogens (tertiary/aromatic N) is 2. The second-order valence-electron chi connectivity index (χ2n) is 7.28. The smallest absolute Gasteiger partial charge is 0.291 e. The number of hydrogen-bond acceptors (Lipinski definition) is 5. The summed E-state index contributed by atoms with van der Waals surface area (Å²) >= 11 is 0. The molecule has 0 atom stereocenters. The first-order valence-corrected chi connectivity index (χ1v) is 10.1. The lowest BCUT2D eigenvalue weighted by Crippen LogP contribution is -2.40. The fourth-order valence-corrected chi connectivity index (χ4v) is 4.17. The molecule has 0 spiro atoms. The van der Waals surface area contributed by atoms with E-state index in [-0.39, 0.29) is 16.3 Å². The average molecular weight is 402 g/mol. The third kappa shape index (κ3) is 4.87. The number of furan rings is 1. The number of aromatic nitrogens is 2. The van der Waals surface area contributed by atoms with Gasteiger partial charge in [0.1, 0.15) is 10.7 Å². The quantitative estimate of drug-likeness (QED) is 0.659. The van der Waals surface area contributed by atoms with Gasteiger partial charge in [0.15, 0.2) is 5.76 Å². The van der Waals surface area contributed by atoms with Crippen LogP contribution in [0, 0.1) is 0 Å². The van der Waals surface area contributed by atoms with E-state index in [1.165, 1.54) is 12.1 Å². The minimum atomic E-state index is -3.81. The van der Waals surface area contributed by atoms with Gasteiger partial charge in [-0.3, -0.25) is 9.48 Å². The van der Waals surface area contributed by atoms with Gasteiger partial charge in [0.05, 0.1) is 12.2 Å². The van der Waals surface area contributed by atoms with E-state index in [0.29, 0.717) is 12.3 Å². The molecule has 28 heavy (non-hydrogen) atoms. The van der Waals surface area contributed by atoms with Gasteiger partial charge in [0.2, 0.25) is 10.0 Å². The predicted molar refractivity (Wildman–Crippen MR) is 105 cm³/mol. The van der Waals surface area contributed by atoms with Gasteiger partial charge >= 0.3 is 0 Å². The molecule has 1 aromatic carbocycles. The Hall–Kier alpha value is -2.91. The van der Waals surface area contributed by atoms with E-state index in [2.05, 4.69) is 15.1 Å². The first-order valence-electron chi connectivity index (χ1n) is 8.64. The van der Waals surface area contributed by atoms with E-state index in [1.807, 2.05) is 0 Å². The third-order valence-corrected chi connectivity index (χ3v) is 5.44. The van der Waals surface area contributed by atoms with E-state index in [0.717, 1.165) is 0 Å². The monoisotopic (exact) mass is 402 g/mol. The lowest BCUT2D eigenvalue weighted by molar-refractivity contribution is 0.0994. The van der Waals surface area contributed by atoms with Crippen LogP contribution >= 0.6 is 0 Å². The summed E-state index contributed by atoms with van der Waals surface area (Å²) in [5.74, 6) is 0.104. The van der Waals surface area contributed by atoms with Crippen molar-refractivity contribution in [2.75, 3.05) is 5.32 Å². The Kier molecular flexibility index (Phi) is 5.39. The molecule has 148 valence electrons. The fourth-order valence-electron chi connectivity index (χ4n) is 2.58. The minimum Gasteiger partial charge on any atom is -0.454 e. The van der Waals surface area contributed by atoms with Gasteiger partial charge in [-0.1, -0.05) is 12.1 Å². The number of para-hydroxylation sites is 1. The Morgan fingerprint density at radius 1 is 1.14 bits per heavy atom. The van der Waals surface area contributed by atoms with Crippen LogP contribution in [0.5, 0.6) is 0 Å². The highest BCUT2D eigenvalue weighted by atomic mass is 32.2. The van der Waals surface area contributed by atoms with Crippen molar-refractivity contribution < 1.29 is 17.6 Å². The van der Waals surface area contributed by atoms with Gasteiger partial charge in [-0.15, -0.1) is 0 Å². The van der Waals surface area contributed by atoms with Crippen molar-refractivity contribution in [3.05, 3.63) is 66.4 Å². The largest absolute Gasteiger partial charge is 0.454 e. The highest BCUT2D eigenvalue weighted by Gasteiger charge is 2.25. The van der Waals surface area contributed by atoms with Crippen molar-refractivity contribution >= 4 is 21.6 Å². The van der Waals surface area contributed by atoms with Crippen molar-refractivity contribution in [2.45, 2.75) is 37.8 Å². The number of anilines is 1. The SMILES string of the molecule is CC(C)(C)NS(=O)(=O)c1ccccc1NC(=O)c1ccc(Cn2cccn2)o1. The fraction of sp³-hybridized carbons (Fsp3) is 0.263. The van der Waals surface area contributed by atoms with E-state index < -0.39 is 21.5 Å². The molecule has 0 saturated carbocycles. The number of amides is 1. The van der Waals surface area contributed by atoms with E-state index in [1.54, 1.807) is 68.2 Å². The van der Waals surface area contributed by atoms with Gasteiger partial charge in [0.25, 0.3) is 5.91 Å². The topological polar surface area (TPSA) is 106 Å². The molecule has 2 aromatic heterocycles. The first-order chi connectivity index (χ1) is 13.1. The van der Waals surface area contributed by atoms with Crippen molar-refractivity contribution in [3.8, 4) is 0 Å². The Labute approximate surface area is 163 Å². The third-order valence-electron chi connectivity index (χ3n) is 3.63. The number of carbonyl (C=O) groups excluding carboxylic acids is 1. The van der Waals surface area contributed by atoms with Crippen LogP contribution < -0.4 is 10.0 Å². The van der Waals surface area contributed by atoms with Crippen LogP contribution in [0.4, 0.5) is 5.69 Å². The molecule has 2 N–H and O–H groups in total. The van der Waals surface area contributed by atoms with Crippen LogP contribution in [0.25, 0.3) is 0 Å². The maximum absolute atomic E-state index is 12.7. The van der Waals surface area contributed by atoms with Gasteiger partial charge in [0, 0.05) is 17.9 Å². The number of benzene rings is 1. The molecule has 0 unspecified atom stereocenters. The van der Waals surface area contributed by atoms with Crippen LogP contribution in [0.3, 0.4) is 0 Å². The van der Waals surface area contributed by atoms with E-state index >= 15 is 0 Å². The molecule has 8 nitrogen and oxygen atoms in total. The molecule has 0 saturated heterocycles. The van der Waals surface area contributed by atoms with Crippen molar-refractivity contribution in [1.82, 2.24) is 14.5 Å². The molecule has 0 radical (unpaired) electrons. The average Bonchev–Trinajstić information content (AvgIpc) is 3.25. The van der Waals surface area contributed by atoms with Crippen LogP contribution in [-0.4, -0.2) is 29.6 Å². The molecular formula is C19H22N4O4S. The summed E-state index contributed by atoms with van der Waals surface area (Å²) in [6, 6.07) is 11.2. The lowest BCUT2D eigenvalue weighted by atomic mass is 10.1. The van der Waals surface area contributed by atoms with E-state index in [4.69, 9.17) is 4.42 Å². The van der Waals surface area contributed by atoms with Crippen LogP contribution in [0.1, 0.15) is 37.1 Å². The standard InChI is InChI=1S/C19H22N4O4S/c1-19(2,3)22-28(25,26)17-8-5-4-7-15(17)21-18(24)16-10-9-14(27-16)13-23-12-6-11-20-23/h4-12,22H,13H2,1-3H3,(H,21,24). The number of carbonyl (C=O) groups is 1. The number of rotatable bonds is 6. The van der Waals surface area contributed by atoms with Crippen LogP contribution in [0.15, 0.2) is 64.2 Å². The molecule has 0 aliphatic carbocycles. The number of hydrogen-bond donors (Lipinski definition) is 2. The Bertz CT molecular complexity index is 1060. The molecule has 3 aromatic rings. The maximum atomic E-state index is 12.7. The van der Waals surface area contributed by atoms with E-state index in [9.17, 15) is 13.2 Å². The van der Waals surface area contributed by atoms with Crippen LogP contribution in [0.2, 0.25) is 0 Å². The molecule has 0 aliphatic rings. The second-order valence-corrected chi connectivity index (χ2v) is 8.93. The molecule has 0 aliphatic heterocycles. The minimum absolute atomic E-state index is 0.0124. The molecule has 0 bridgehead atoms. The second kappa shape index (κ2) is 7.61. The highest BCUT2D eigenvalue weighted by Crippen LogP contribution is 2.23. The summed E-state index contributed by atoms with van der Waals surface area (Å²) in [6.45, 7) is 5.63. The maximum Gasteiger partial charge on any atom is 0.291 e. The molecule has 1 amide bonds. The summed E-state index contributed by atoms with van der Waals surface area (Å²) in [4.78, 5) is 12.5. The zero-order chi connectivity index (χ0) is 20.4. The van der Waals surface area contributed by atoms with Gasteiger partial charge in [-0.2, -0.15) is 5.10 Å². The predicted octanol–water partition coefficient (Wildman–Crippen LogP) is 2.85. The van der Waals surface area contributed by atoms with Crippen molar-refractivity contribution in [3.63, 3.8) is 0 Å². The molecular weight excluding hydrogens is 380 g/mol. The Balaban J connectivity index is 1.79. The summed E-state index contributed by atoms with van der Waals surface area (Å²) in [6.07, 6.45) is 3.44. The summed E-state index contributed by atoms with van der Waals surface area (Å²) in [5.41, 5.74) is -0.479. The number of nitrogens with one attached hydrogen (secondary N) is 2. The van der Waals surface area contributed by atoms with Crippen molar-refractivity contribution in [2.24, 2.45) is 0 Å². The summed E-state index contributed by atoms with van der Waals surface area (Å²) in [7, 11) is -3.81. The molecule has 9 heteroatoms. The zero-order valence-electron chi connectivity index (χ0n) is 15.8. The van der Waals surface area contributed by atoms with Gasteiger partial charge in [-0.25, -0.2) is 13.1 Å². The first kappa shape index (κ1) is 19.8. The van der Waals surface area contributed by atoms with Gasteiger partial charge < -0.3 is 9.73 Å². The highest BCUT2D eigenvalue weighted by molar-refractivity contribution is 7.89. The Morgan fingerprint density at radius 2 is 1.89 bits per heavy atom. The Morgan fingerprint density at radius 3 is 2.57 bits per heavy atom. The summed E-state index contributed by atoms with van der Waals surface area (Å²) < 4.78 is 35.2. The normalized spacial score (nSPS) is 12.1. The summed E-state index contributed by atoms with van der Waals surface area (Å²) in [5, 5.41) is 6.70. The molecule has 3 rings (SSSR count). The number of sulfonamides is 1. The zero-order valence-corrected chi connectivity index (χ0v) is 16.7. The molecule has 2 heterocycles. The van der Waals surface area contributed by atoms with Crippen LogP contribution in [-0.2, 0) is 16.6 Å². The van der Waals surface area contributed by atoms with Crippen molar-refractivity contribution in [1.29, 1.82) is 0 Å². The van der Waals surface area contributed by atoms with Gasteiger partial charge in [-0.05, 0) is 51.1 Å². The lowest BCUT2D eigenvalue weighted by Gasteiger charge is -2.21.